The zero-order valence-electron chi connectivity index (χ0n) is 19.0. The Morgan fingerprint density at radius 3 is 2.76 bits per heavy atom. The Kier molecular flexibility index (Phi) is 5.93. The summed E-state index contributed by atoms with van der Waals surface area (Å²) in [6.45, 7) is 4.50. The number of hydrogen-bond acceptors (Lipinski definition) is 9. The molecule has 4 aromatic heterocycles. The molecule has 0 aliphatic carbocycles. The molecule has 1 saturated heterocycles. The van der Waals surface area contributed by atoms with Crippen LogP contribution in [-0.2, 0) is 6.54 Å². The van der Waals surface area contributed by atoms with Crippen molar-refractivity contribution in [1.82, 2.24) is 34.4 Å². The number of hydrogen-bond donors (Lipinski definition) is 1. The molecule has 0 amide bonds. The number of likely N-dealkylation sites (tertiary alicyclic amines) is 1. The average molecular weight is 465 g/mol. The standard InChI is InChI=1S/C23H25FN8O2/c1-3-33-23-29-20(25)19-22(30-23)32(21(28-19)15-8-16(24)11-26-10-15)12-14-4-5-18(27-9-14)34-17-6-7-31(2)13-17/h4-5,8-11,17H,3,6-7,12-13H2,1-2H3,(H2,25,29,30). The maximum atomic E-state index is 13.9. The number of nitrogens with two attached hydrogens (primary N) is 1. The first-order valence-electron chi connectivity index (χ1n) is 11.1. The molecule has 5 heterocycles. The molecule has 0 spiro atoms. The third-order valence-corrected chi connectivity index (χ3v) is 5.61. The Hall–Kier alpha value is -3.86. The van der Waals surface area contributed by atoms with Gasteiger partial charge in [-0.1, -0.05) is 6.07 Å². The molecule has 1 aliphatic heterocycles. The van der Waals surface area contributed by atoms with Gasteiger partial charge in [0.25, 0.3) is 0 Å². The fourth-order valence-corrected chi connectivity index (χ4v) is 4.02. The number of ether oxygens (including phenoxy) is 2. The van der Waals surface area contributed by atoms with E-state index in [1.807, 2.05) is 23.6 Å². The zero-order chi connectivity index (χ0) is 23.7. The van der Waals surface area contributed by atoms with E-state index < -0.39 is 5.82 Å². The zero-order valence-corrected chi connectivity index (χ0v) is 19.0. The van der Waals surface area contributed by atoms with Gasteiger partial charge in [0.1, 0.15) is 17.7 Å². The molecule has 176 valence electrons. The summed E-state index contributed by atoms with van der Waals surface area (Å²) in [5, 5.41) is 0. The van der Waals surface area contributed by atoms with Crippen LogP contribution in [0.5, 0.6) is 11.9 Å². The Labute approximate surface area is 195 Å². The second-order valence-electron chi connectivity index (χ2n) is 8.21. The lowest BCUT2D eigenvalue weighted by atomic mass is 10.2. The van der Waals surface area contributed by atoms with Crippen LogP contribution in [-0.4, -0.2) is 67.2 Å². The molecule has 1 fully saturated rings. The number of nitrogens with zero attached hydrogens (tertiary/aromatic N) is 7. The minimum Gasteiger partial charge on any atom is -0.473 e. The van der Waals surface area contributed by atoms with Gasteiger partial charge >= 0.3 is 6.01 Å². The van der Waals surface area contributed by atoms with Gasteiger partial charge < -0.3 is 24.7 Å². The molecule has 0 aromatic carbocycles. The highest BCUT2D eigenvalue weighted by Gasteiger charge is 2.22. The predicted molar refractivity (Wildman–Crippen MR) is 124 cm³/mol. The van der Waals surface area contributed by atoms with Gasteiger partial charge in [-0.05, 0) is 32.0 Å². The van der Waals surface area contributed by atoms with E-state index in [9.17, 15) is 4.39 Å². The Morgan fingerprint density at radius 2 is 2.06 bits per heavy atom. The number of pyridine rings is 2. The van der Waals surface area contributed by atoms with Crippen LogP contribution in [0.2, 0.25) is 0 Å². The van der Waals surface area contributed by atoms with E-state index in [0.29, 0.717) is 41.6 Å². The van der Waals surface area contributed by atoms with Crippen molar-refractivity contribution in [2.24, 2.45) is 0 Å². The SMILES string of the molecule is CCOc1nc(N)c2nc(-c3cncc(F)c3)n(Cc3ccc(OC4CCN(C)C4)nc3)c2n1. The molecule has 10 nitrogen and oxygen atoms in total. The van der Waals surface area contributed by atoms with Crippen molar-refractivity contribution in [1.29, 1.82) is 0 Å². The van der Waals surface area contributed by atoms with Gasteiger partial charge in [-0.15, -0.1) is 0 Å². The summed E-state index contributed by atoms with van der Waals surface area (Å²) in [5.41, 5.74) is 8.41. The van der Waals surface area contributed by atoms with Gasteiger partial charge in [-0.25, -0.2) is 14.4 Å². The molecule has 11 heteroatoms. The molecule has 34 heavy (non-hydrogen) atoms. The van der Waals surface area contributed by atoms with Crippen LogP contribution < -0.4 is 15.2 Å². The summed E-state index contributed by atoms with van der Waals surface area (Å²) in [4.78, 5) is 24.0. The van der Waals surface area contributed by atoms with Crippen LogP contribution in [0.3, 0.4) is 0 Å². The van der Waals surface area contributed by atoms with E-state index in [-0.39, 0.29) is 17.9 Å². The number of fused-ring (bicyclic) bond motifs is 1. The molecule has 0 saturated carbocycles. The first-order chi connectivity index (χ1) is 16.5. The molecule has 1 atom stereocenters. The van der Waals surface area contributed by atoms with Crippen LogP contribution >= 0.6 is 0 Å². The van der Waals surface area contributed by atoms with Crippen molar-refractivity contribution < 1.29 is 13.9 Å². The molecule has 2 N–H and O–H groups in total. The van der Waals surface area contributed by atoms with Crippen molar-refractivity contribution >= 4 is 17.0 Å². The lowest BCUT2D eigenvalue weighted by molar-refractivity contribution is 0.200. The predicted octanol–water partition coefficient (Wildman–Crippen LogP) is 2.53. The lowest BCUT2D eigenvalue weighted by Gasteiger charge is -2.13. The maximum Gasteiger partial charge on any atom is 0.320 e. The van der Waals surface area contributed by atoms with Crippen molar-refractivity contribution in [3.05, 3.63) is 48.2 Å². The second kappa shape index (κ2) is 9.18. The van der Waals surface area contributed by atoms with E-state index in [2.05, 4.69) is 36.9 Å². The molecule has 0 bridgehead atoms. The fourth-order valence-electron chi connectivity index (χ4n) is 4.02. The monoisotopic (exact) mass is 464 g/mol. The molecular weight excluding hydrogens is 439 g/mol. The molecule has 5 rings (SSSR count). The van der Waals surface area contributed by atoms with Crippen molar-refractivity contribution in [3.63, 3.8) is 0 Å². The Balaban J connectivity index is 1.51. The van der Waals surface area contributed by atoms with E-state index in [1.54, 1.807) is 12.4 Å². The van der Waals surface area contributed by atoms with Crippen LogP contribution in [0.1, 0.15) is 18.9 Å². The molecule has 1 aliphatic rings. The van der Waals surface area contributed by atoms with E-state index in [0.717, 1.165) is 31.3 Å². The van der Waals surface area contributed by atoms with Gasteiger partial charge in [0.2, 0.25) is 5.88 Å². The van der Waals surface area contributed by atoms with Crippen LogP contribution in [0.15, 0.2) is 36.8 Å². The summed E-state index contributed by atoms with van der Waals surface area (Å²) >= 11 is 0. The third kappa shape index (κ3) is 4.46. The van der Waals surface area contributed by atoms with Crippen molar-refractivity contribution in [2.75, 3.05) is 32.5 Å². The van der Waals surface area contributed by atoms with E-state index >= 15 is 0 Å². The number of imidazole rings is 1. The van der Waals surface area contributed by atoms with Gasteiger partial charge in [0, 0.05) is 37.1 Å². The van der Waals surface area contributed by atoms with Gasteiger partial charge in [0.05, 0.1) is 19.3 Å². The minimum atomic E-state index is -0.467. The first-order valence-corrected chi connectivity index (χ1v) is 11.1. The first kappa shape index (κ1) is 22.0. The van der Waals surface area contributed by atoms with Gasteiger partial charge in [-0.3, -0.25) is 4.98 Å². The summed E-state index contributed by atoms with van der Waals surface area (Å²) < 4.78 is 27.2. The fraction of sp³-hybridized carbons (Fsp3) is 0.348. The number of nitrogen functional groups attached to an aromatic ring is 1. The average Bonchev–Trinajstić information content (AvgIpc) is 3.39. The summed E-state index contributed by atoms with van der Waals surface area (Å²) in [6, 6.07) is 5.31. The lowest BCUT2D eigenvalue weighted by Crippen LogP contribution is -2.21. The Bertz CT molecular complexity index is 1310. The number of anilines is 1. The quantitative estimate of drug-likeness (QED) is 0.440. The summed E-state index contributed by atoms with van der Waals surface area (Å²) in [6.07, 6.45) is 5.56. The number of aromatic nitrogens is 6. The highest BCUT2D eigenvalue weighted by Crippen LogP contribution is 2.29. The van der Waals surface area contributed by atoms with Gasteiger partial charge in [0.15, 0.2) is 17.0 Å². The number of halogens is 1. The van der Waals surface area contributed by atoms with Crippen molar-refractivity contribution in [2.45, 2.75) is 26.0 Å². The molecule has 0 radical (unpaired) electrons. The third-order valence-electron chi connectivity index (χ3n) is 5.61. The second-order valence-corrected chi connectivity index (χ2v) is 8.21. The van der Waals surface area contributed by atoms with E-state index in [1.165, 1.54) is 6.07 Å². The molecule has 4 aromatic rings. The molecule has 1 unspecified atom stereocenters. The van der Waals surface area contributed by atoms with Crippen LogP contribution in [0, 0.1) is 5.82 Å². The highest BCUT2D eigenvalue weighted by molar-refractivity contribution is 5.85. The normalized spacial score (nSPS) is 16.3. The summed E-state index contributed by atoms with van der Waals surface area (Å²) in [7, 11) is 2.08. The van der Waals surface area contributed by atoms with Crippen LogP contribution in [0.4, 0.5) is 10.2 Å². The molecular formula is C23H25FN8O2. The minimum absolute atomic E-state index is 0.143. The van der Waals surface area contributed by atoms with Crippen molar-refractivity contribution in [3.8, 4) is 23.3 Å². The number of likely N-dealkylation sites (N-methyl/N-ethyl adjacent to an activating group) is 1. The van der Waals surface area contributed by atoms with Crippen LogP contribution in [0.25, 0.3) is 22.6 Å². The van der Waals surface area contributed by atoms with Gasteiger partial charge in [-0.2, -0.15) is 9.97 Å². The van der Waals surface area contributed by atoms with E-state index in [4.69, 9.17) is 15.2 Å². The maximum absolute atomic E-state index is 13.9. The summed E-state index contributed by atoms with van der Waals surface area (Å²) in [5.74, 6) is 0.761. The smallest absolute Gasteiger partial charge is 0.320 e. The largest absolute Gasteiger partial charge is 0.473 e. The Morgan fingerprint density at radius 1 is 1.18 bits per heavy atom. The topological polar surface area (TPSA) is 117 Å². The highest BCUT2D eigenvalue weighted by atomic mass is 19.1. The number of rotatable bonds is 7.